The van der Waals surface area contributed by atoms with Crippen molar-refractivity contribution in [3.05, 3.63) is 41.7 Å². The molecule has 2 aromatic heterocycles. The van der Waals surface area contributed by atoms with Gasteiger partial charge in [0.25, 0.3) is 0 Å². The number of halogens is 1. The summed E-state index contributed by atoms with van der Waals surface area (Å²) in [5, 5.41) is 4.79. The van der Waals surface area contributed by atoms with Crippen LogP contribution in [0.1, 0.15) is 24.7 Å². The van der Waals surface area contributed by atoms with E-state index in [0.717, 1.165) is 47.3 Å². The van der Waals surface area contributed by atoms with Crippen molar-refractivity contribution in [2.75, 3.05) is 18.0 Å². The molecule has 0 aliphatic carbocycles. The van der Waals surface area contributed by atoms with E-state index in [1.165, 1.54) is 17.0 Å². The van der Waals surface area contributed by atoms with Crippen LogP contribution in [0.4, 0.5) is 5.69 Å². The highest BCUT2D eigenvalue weighted by atomic mass is 127. The second-order valence-corrected chi connectivity index (χ2v) is 8.84. The molecular formula is C19H21IN4S. The van der Waals surface area contributed by atoms with E-state index in [1.807, 2.05) is 4.52 Å². The lowest BCUT2D eigenvalue weighted by molar-refractivity contribution is 0.659. The van der Waals surface area contributed by atoms with Gasteiger partial charge in [0.2, 0.25) is 0 Å². The van der Waals surface area contributed by atoms with Crippen molar-refractivity contribution < 1.29 is 0 Å². The molecule has 0 radical (unpaired) electrons. The van der Waals surface area contributed by atoms with Gasteiger partial charge in [-0.3, -0.25) is 0 Å². The number of benzene rings is 1. The lowest BCUT2D eigenvalue weighted by atomic mass is 10.1. The Hall–Kier alpha value is -1.28. The van der Waals surface area contributed by atoms with Crippen molar-refractivity contribution in [3.63, 3.8) is 0 Å². The van der Waals surface area contributed by atoms with Gasteiger partial charge in [-0.05, 0) is 44.4 Å². The van der Waals surface area contributed by atoms with Gasteiger partial charge >= 0.3 is 0 Å². The summed E-state index contributed by atoms with van der Waals surface area (Å²) < 4.78 is 2.04. The molecular weight excluding hydrogens is 443 g/mol. The van der Waals surface area contributed by atoms with Crippen LogP contribution in [0.15, 0.2) is 35.2 Å². The van der Waals surface area contributed by atoms with Gasteiger partial charge in [-0.1, -0.05) is 28.0 Å². The second-order valence-electron chi connectivity index (χ2n) is 6.89. The number of hydrogen-bond acceptors (Lipinski definition) is 4. The lowest BCUT2D eigenvalue weighted by Gasteiger charge is -2.19. The van der Waals surface area contributed by atoms with Crippen molar-refractivity contribution >= 4 is 41.5 Å². The molecule has 1 aliphatic heterocycles. The first-order valence-corrected chi connectivity index (χ1v) is 11.9. The van der Waals surface area contributed by atoms with Crippen LogP contribution in [0.2, 0.25) is 0 Å². The highest BCUT2D eigenvalue weighted by molar-refractivity contribution is 14.2. The molecule has 0 spiro atoms. The number of imidazole rings is 1. The smallest absolute Gasteiger partial charge is 0.178 e. The van der Waals surface area contributed by atoms with Crippen molar-refractivity contribution in [3.8, 4) is 11.3 Å². The summed E-state index contributed by atoms with van der Waals surface area (Å²) in [4.78, 5) is 8.61. The van der Waals surface area contributed by atoms with Gasteiger partial charge in [-0.25, -0.2) is 9.50 Å². The maximum Gasteiger partial charge on any atom is 0.178 e. The predicted molar refractivity (Wildman–Crippen MR) is 114 cm³/mol. The molecule has 4 nitrogen and oxygen atoms in total. The standard InChI is InChI=1S/C19H21IN4S/c1-12-8-9-23(11-12)17-10-13(2)22-24-18(14(3)21-19(17)24)15-4-6-16(25-20)7-5-15/h4-7,10,12H,8-9,11H2,1-3H3. The molecule has 1 atom stereocenters. The molecule has 1 unspecified atom stereocenters. The van der Waals surface area contributed by atoms with Crippen molar-refractivity contribution in [2.24, 2.45) is 5.92 Å². The highest BCUT2D eigenvalue weighted by Gasteiger charge is 2.24. The van der Waals surface area contributed by atoms with Gasteiger partial charge in [0, 0.05) is 44.8 Å². The van der Waals surface area contributed by atoms with E-state index in [9.17, 15) is 0 Å². The highest BCUT2D eigenvalue weighted by Crippen LogP contribution is 2.33. The minimum atomic E-state index is 0.738. The van der Waals surface area contributed by atoms with Crippen LogP contribution in [0, 0.1) is 19.8 Å². The van der Waals surface area contributed by atoms with Crippen LogP contribution >= 0.6 is 30.1 Å². The minimum absolute atomic E-state index is 0.738. The summed E-state index contributed by atoms with van der Waals surface area (Å²) >= 11 is 2.31. The molecule has 3 heterocycles. The van der Waals surface area contributed by atoms with Crippen LogP contribution in [0.3, 0.4) is 0 Å². The maximum atomic E-state index is 4.89. The zero-order chi connectivity index (χ0) is 17.6. The first-order chi connectivity index (χ1) is 12.1. The molecule has 1 saturated heterocycles. The van der Waals surface area contributed by atoms with Crippen LogP contribution in [0.25, 0.3) is 16.9 Å². The van der Waals surface area contributed by atoms with Gasteiger partial charge < -0.3 is 4.90 Å². The first kappa shape index (κ1) is 17.1. The molecule has 4 rings (SSSR count). The molecule has 1 aliphatic rings. The van der Waals surface area contributed by atoms with Crippen molar-refractivity contribution in [1.29, 1.82) is 0 Å². The topological polar surface area (TPSA) is 33.4 Å². The van der Waals surface area contributed by atoms with E-state index >= 15 is 0 Å². The van der Waals surface area contributed by atoms with Gasteiger partial charge in [0.05, 0.1) is 22.8 Å². The van der Waals surface area contributed by atoms with E-state index in [4.69, 9.17) is 10.1 Å². The molecule has 6 heteroatoms. The Balaban J connectivity index is 1.88. The van der Waals surface area contributed by atoms with Crippen LogP contribution in [0.5, 0.6) is 0 Å². The van der Waals surface area contributed by atoms with Gasteiger partial charge in [-0.2, -0.15) is 5.10 Å². The second kappa shape index (κ2) is 6.79. The Morgan fingerprint density at radius 3 is 2.60 bits per heavy atom. The van der Waals surface area contributed by atoms with E-state index in [0.29, 0.717) is 0 Å². The molecule has 0 amide bonds. The number of aryl methyl sites for hydroxylation is 2. The molecule has 130 valence electrons. The average molecular weight is 464 g/mol. The summed E-state index contributed by atoms with van der Waals surface area (Å²) in [7, 11) is 1.73. The SMILES string of the molecule is Cc1cc(N2CCC(C)C2)c2nc(C)c(-c3ccc(SI)cc3)n2n1. The van der Waals surface area contributed by atoms with Gasteiger partial charge in [0.1, 0.15) is 0 Å². The van der Waals surface area contributed by atoms with Crippen molar-refractivity contribution in [2.45, 2.75) is 32.1 Å². The van der Waals surface area contributed by atoms with Crippen LogP contribution in [-0.2, 0) is 0 Å². The van der Waals surface area contributed by atoms with Crippen molar-refractivity contribution in [1.82, 2.24) is 14.6 Å². The number of anilines is 1. The summed E-state index contributed by atoms with van der Waals surface area (Å²) in [5.74, 6) is 0.738. The fourth-order valence-corrected chi connectivity index (χ4v) is 4.73. The first-order valence-electron chi connectivity index (χ1n) is 8.58. The Morgan fingerprint density at radius 2 is 1.96 bits per heavy atom. The largest absolute Gasteiger partial charge is 0.368 e. The third-order valence-corrected chi connectivity index (χ3v) is 6.82. The third kappa shape index (κ3) is 3.14. The zero-order valence-electron chi connectivity index (χ0n) is 14.7. The normalized spacial score (nSPS) is 17.6. The van der Waals surface area contributed by atoms with E-state index in [1.54, 1.807) is 8.93 Å². The fourth-order valence-electron chi connectivity index (χ4n) is 3.61. The molecule has 0 saturated carbocycles. The Labute approximate surface area is 164 Å². The number of fused-ring (bicyclic) bond motifs is 1. The molecule has 0 bridgehead atoms. The molecule has 1 fully saturated rings. The third-order valence-electron chi connectivity index (χ3n) is 4.84. The summed E-state index contributed by atoms with van der Waals surface area (Å²) in [6, 6.07) is 10.8. The average Bonchev–Trinajstić information content (AvgIpc) is 3.17. The van der Waals surface area contributed by atoms with E-state index in [2.05, 4.69) is 77.2 Å². The quantitative estimate of drug-likeness (QED) is 0.493. The van der Waals surface area contributed by atoms with Gasteiger partial charge in [-0.15, -0.1) is 0 Å². The number of hydrogen-bond donors (Lipinski definition) is 0. The minimum Gasteiger partial charge on any atom is -0.368 e. The molecule has 1 aromatic carbocycles. The predicted octanol–water partition coefficient (Wildman–Crippen LogP) is 5.30. The van der Waals surface area contributed by atoms with E-state index in [-0.39, 0.29) is 0 Å². The molecule has 25 heavy (non-hydrogen) atoms. The zero-order valence-corrected chi connectivity index (χ0v) is 17.6. The Kier molecular flexibility index (Phi) is 4.66. The summed E-state index contributed by atoms with van der Waals surface area (Å²) in [6.07, 6.45) is 1.25. The van der Waals surface area contributed by atoms with E-state index < -0.39 is 0 Å². The fraction of sp³-hybridized carbons (Fsp3) is 0.368. The maximum absolute atomic E-state index is 4.89. The summed E-state index contributed by atoms with van der Waals surface area (Å²) in [5.41, 5.74) is 6.50. The number of nitrogens with zero attached hydrogens (tertiary/aromatic N) is 4. The Morgan fingerprint density at radius 1 is 1.20 bits per heavy atom. The molecule has 3 aromatic rings. The van der Waals surface area contributed by atoms with Crippen LogP contribution in [-0.4, -0.2) is 27.7 Å². The molecule has 0 N–H and O–H groups in total. The number of rotatable bonds is 3. The lowest BCUT2D eigenvalue weighted by Crippen LogP contribution is -2.20. The number of aromatic nitrogens is 3. The monoisotopic (exact) mass is 464 g/mol. The Bertz CT molecular complexity index is 919. The van der Waals surface area contributed by atoms with Gasteiger partial charge in [0.15, 0.2) is 5.65 Å². The van der Waals surface area contributed by atoms with Crippen LogP contribution < -0.4 is 4.90 Å². The summed E-state index contributed by atoms with van der Waals surface area (Å²) in [6.45, 7) is 8.67.